The Morgan fingerprint density at radius 3 is 2.66 bits per heavy atom. The Morgan fingerprint density at radius 2 is 1.95 bits per heavy atom. The highest BCUT2D eigenvalue weighted by Gasteiger charge is 2.39. The lowest BCUT2D eigenvalue weighted by atomic mass is 9.91. The van der Waals surface area contributed by atoms with Gasteiger partial charge in [0.1, 0.15) is 23.7 Å². The maximum atomic E-state index is 13.9. The molecule has 9 nitrogen and oxygen atoms in total. The van der Waals surface area contributed by atoms with E-state index in [0.717, 1.165) is 16.7 Å². The fourth-order valence-corrected chi connectivity index (χ4v) is 5.23. The number of carboxylic acid groups (broad SMARTS) is 1. The van der Waals surface area contributed by atoms with E-state index >= 15 is 0 Å². The Bertz CT molecular complexity index is 1380. The van der Waals surface area contributed by atoms with E-state index in [1.807, 2.05) is 49.1 Å². The molecule has 198 valence electrons. The number of rotatable bonds is 6. The molecular formula is C28H28FN3O6. The number of nitrogens with zero attached hydrogens (tertiary/aromatic N) is 1. The summed E-state index contributed by atoms with van der Waals surface area (Å²) in [7, 11) is 0. The predicted molar refractivity (Wildman–Crippen MR) is 137 cm³/mol. The van der Waals surface area contributed by atoms with Crippen LogP contribution in [-0.2, 0) is 25.7 Å². The highest BCUT2D eigenvalue weighted by atomic mass is 19.1. The molecule has 0 bridgehead atoms. The van der Waals surface area contributed by atoms with Crippen molar-refractivity contribution in [3.8, 4) is 0 Å². The lowest BCUT2D eigenvalue weighted by molar-refractivity contribution is -0.138. The van der Waals surface area contributed by atoms with Gasteiger partial charge in [0.05, 0.1) is 17.7 Å². The summed E-state index contributed by atoms with van der Waals surface area (Å²) in [4.78, 5) is 37.8. The van der Waals surface area contributed by atoms with Crippen molar-refractivity contribution in [2.24, 2.45) is 0 Å². The predicted octanol–water partition coefficient (Wildman–Crippen LogP) is 2.52. The third-order valence-corrected chi connectivity index (χ3v) is 7.01. The molecule has 2 amide bonds. The van der Waals surface area contributed by atoms with Crippen LogP contribution in [0.5, 0.6) is 0 Å². The number of hydrogen-bond donors (Lipinski definition) is 4. The maximum Gasteiger partial charge on any atom is 0.322 e. The number of aliphatic carboxylic acids is 1. The van der Waals surface area contributed by atoms with Gasteiger partial charge in [-0.15, -0.1) is 0 Å². The summed E-state index contributed by atoms with van der Waals surface area (Å²) >= 11 is 0. The zero-order valence-electron chi connectivity index (χ0n) is 21.0. The van der Waals surface area contributed by atoms with Crippen molar-refractivity contribution in [2.75, 3.05) is 18.4 Å². The zero-order valence-corrected chi connectivity index (χ0v) is 21.0. The molecule has 3 aliphatic rings. The molecule has 0 saturated carbocycles. The lowest BCUT2D eigenvalue weighted by Gasteiger charge is -2.25. The summed E-state index contributed by atoms with van der Waals surface area (Å²) in [6, 6.07) is 11.2. The summed E-state index contributed by atoms with van der Waals surface area (Å²) in [5, 5.41) is 24.1. The van der Waals surface area contributed by atoms with Crippen LogP contribution in [0.15, 0.2) is 54.3 Å². The fourth-order valence-electron chi connectivity index (χ4n) is 5.23. The lowest BCUT2D eigenvalue weighted by Crippen LogP contribution is -2.44. The molecule has 38 heavy (non-hydrogen) atoms. The quantitative estimate of drug-likeness (QED) is 0.430. The van der Waals surface area contributed by atoms with Gasteiger partial charge in [0.15, 0.2) is 0 Å². The van der Waals surface area contributed by atoms with Gasteiger partial charge in [-0.2, -0.15) is 0 Å². The monoisotopic (exact) mass is 521 g/mol. The number of fused-ring (bicyclic) bond motifs is 1. The molecule has 0 radical (unpaired) electrons. The first-order valence-electron chi connectivity index (χ1n) is 12.3. The first kappa shape index (κ1) is 25.6. The minimum absolute atomic E-state index is 0.236. The summed E-state index contributed by atoms with van der Waals surface area (Å²) in [5.74, 6) is -1.97. The molecule has 3 aliphatic heterocycles. The molecule has 0 unspecified atom stereocenters. The maximum absolute atomic E-state index is 13.9. The third kappa shape index (κ3) is 4.92. The molecule has 0 aliphatic carbocycles. The first-order valence-corrected chi connectivity index (χ1v) is 12.3. The summed E-state index contributed by atoms with van der Waals surface area (Å²) in [6.45, 7) is 4.03. The van der Waals surface area contributed by atoms with Gasteiger partial charge in [0.25, 0.3) is 5.91 Å². The van der Waals surface area contributed by atoms with Crippen LogP contribution in [-0.4, -0.2) is 63.7 Å². The number of nitrogens with one attached hydrogen (secondary N) is 2. The van der Waals surface area contributed by atoms with Crippen molar-refractivity contribution in [3.63, 3.8) is 0 Å². The van der Waals surface area contributed by atoms with E-state index in [2.05, 4.69) is 10.6 Å². The molecule has 10 heteroatoms. The van der Waals surface area contributed by atoms with Crippen molar-refractivity contribution < 1.29 is 33.7 Å². The van der Waals surface area contributed by atoms with Crippen LogP contribution in [0.4, 0.5) is 10.1 Å². The molecular weight excluding hydrogens is 493 g/mol. The number of anilines is 1. The van der Waals surface area contributed by atoms with Crippen LogP contribution >= 0.6 is 0 Å². The molecule has 3 heterocycles. The van der Waals surface area contributed by atoms with E-state index in [1.54, 1.807) is 0 Å². The highest BCUT2D eigenvalue weighted by Crippen LogP contribution is 2.44. The van der Waals surface area contributed by atoms with Gasteiger partial charge in [-0.05, 0) is 55.7 Å². The SMILES string of the molecule is CC1(C)O/C(=C2/C(=O)Nc3ccc(F)cc32)C=C1c1ccc(CN2C[C@H](O)C[C@H]2C(=O)NCC(=O)O)cc1. The van der Waals surface area contributed by atoms with Gasteiger partial charge in [0.2, 0.25) is 5.91 Å². The Balaban J connectivity index is 1.37. The number of amides is 2. The van der Waals surface area contributed by atoms with E-state index in [9.17, 15) is 23.9 Å². The van der Waals surface area contributed by atoms with Crippen LogP contribution < -0.4 is 10.6 Å². The Kier molecular flexibility index (Phi) is 6.54. The van der Waals surface area contributed by atoms with Crippen molar-refractivity contribution in [3.05, 3.63) is 76.8 Å². The third-order valence-electron chi connectivity index (χ3n) is 7.01. The number of carboxylic acids is 1. The number of carbonyl (C=O) groups excluding carboxylic acids is 2. The van der Waals surface area contributed by atoms with E-state index < -0.39 is 42.0 Å². The topological polar surface area (TPSA) is 128 Å². The number of ether oxygens (including phenoxy) is 1. The number of aliphatic hydroxyl groups is 1. The van der Waals surface area contributed by atoms with E-state index in [0.29, 0.717) is 35.7 Å². The number of benzene rings is 2. The summed E-state index contributed by atoms with van der Waals surface area (Å²) in [6.07, 6.45) is 1.37. The number of allylic oxidation sites excluding steroid dienone is 1. The standard InChI is InChI=1S/C28H28FN3O6/c1-28(2)20(11-23(38-28)25-19-9-17(29)7-8-21(19)31-27(25)37)16-5-3-15(4-6-16)13-32-14-18(33)10-22(32)26(36)30-12-24(34)35/h3-9,11,18,22,33H,10,12-14H2,1-2H3,(H,30,36)(H,31,37)(H,34,35)/b25-23+/t18-,22+/m1/s1. The van der Waals surface area contributed by atoms with Crippen LogP contribution in [0.25, 0.3) is 11.1 Å². The Hall–Kier alpha value is -4.02. The van der Waals surface area contributed by atoms with Gasteiger partial charge in [-0.3, -0.25) is 19.3 Å². The van der Waals surface area contributed by atoms with Crippen molar-refractivity contribution >= 4 is 34.6 Å². The van der Waals surface area contributed by atoms with Gasteiger partial charge in [0, 0.05) is 29.9 Å². The van der Waals surface area contributed by atoms with E-state index in [1.165, 1.54) is 18.2 Å². The van der Waals surface area contributed by atoms with Crippen molar-refractivity contribution in [1.82, 2.24) is 10.2 Å². The number of hydrogen-bond acceptors (Lipinski definition) is 6. The number of halogens is 1. The smallest absolute Gasteiger partial charge is 0.322 e. The van der Waals surface area contributed by atoms with E-state index in [-0.39, 0.29) is 12.3 Å². The van der Waals surface area contributed by atoms with Crippen LogP contribution in [0.1, 0.15) is 37.0 Å². The average molecular weight is 522 g/mol. The van der Waals surface area contributed by atoms with Gasteiger partial charge in [-0.25, -0.2) is 4.39 Å². The molecule has 5 rings (SSSR count). The van der Waals surface area contributed by atoms with Gasteiger partial charge < -0.3 is 25.6 Å². The minimum atomic E-state index is -1.13. The Labute approximate surface area is 218 Å². The molecule has 0 spiro atoms. The second kappa shape index (κ2) is 9.70. The fraction of sp³-hybridized carbons (Fsp3) is 0.321. The second-order valence-corrected chi connectivity index (χ2v) is 10.2. The molecule has 4 N–H and O–H groups in total. The molecule has 1 fully saturated rings. The normalized spacial score (nSPS) is 24.0. The number of β-amino-alcohol motifs (C(OH)–C–C–N with tert-alkyl or cyclic N) is 1. The van der Waals surface area contributed by atoms with Crippen LogP contribution in [0.2, 0.25) is 0 Å². The Morgan fingerprint density at radius 1 is 1.21 bits per heavy atom. The highest BCUT2D eigenvalue weighted by molar-refractivity contribution is 6.32. The van der Waals surface area contributed by atoms with Gasteiger partial charge >= 0.3 is 5.97 Å². The van der Waals surface area contributed by atoms with Crippen LogP contribution in [0.3, 0.4) is 0 Å². The zero-order chi connectivity index (χ0) is 27.2. The second-order valence-electron chi connectivity index (χ2n) is 10.2. The van der Waals surface area contributed by atoms with Crippen molar-refractivity contribution in [2.45, 2.75) is 44.6 Å². The minimum Gasteiger partial charge on any atom is -0.482 e. The molecule has 1 saturated heterocycles. The number of likely N-dealkylation sites (tertiary alicyclic amines) is 1. The molecule has 2 aromatic carbocycles. The van der Waals surface area contributed by atoms with Crippen LogP contribution in [0, 0.1) is 5.82 Å². The van der Waals surface area contributed by atoms with Crippen molar-refractivity contribution in [1.29, 1.82) is 0 Å². The summed E-state index contributed by atoms with van der Waals surface area (Å²) < 4.78 is 20.1. The van der Waals surface area contributed by atoms with E-state index in [4.69, 9.17) is 9.84 Å². The summed E-state index contributed by atoms with van der Waals surface area (Å²) in [5.41, 5.74) is 3.19. The molecule has 0 aromatic heterocycles. The van der Waals surface area contributed by atoms with Gasteiger partial charge in [-0.1, -0.05) is 24.3 Å². The number of aliphatic hydroxyl groups excluding tert-OH is 1. The molecule has 2 atom stereocenters. The number of carbonyl (C=O) groups is 3. The largest absolute Gasteiger partial charge is 0.482 e. The average Bonchev–Trinajstić information content (AvgIpc) is 3.48. The first-order chi connectivity index (χ1) is 18.0. The molecule has 2 aromatic rings.